The third-order valence-electron chi connectivity index (χ3n) is 1.84. The number of nitrogens with zero attached hydrogens (tertiary/aromatic N) is 1. The molecule has 16 heavy (non-hydrogen) atoms. The minimum absolute atomic E-state index is 0.400. The fourth-order valence-electron chi connectivity index (χ4n) is 1.18. The molecule has 0 aromatic heterocycles. The van der Waals surface area contributed by atoms with Crippen molar-refractivity contribution >= 4 is 17.6 Å². The average Bonchev–Trinajstić information content (AvgIpc) is 2.25. The van der Waals surface area contributed by atoms with Gasteiger partial charge in [-0.25, -0.2) is 0 Å². The lowest BCUT2D eigenvalue weighted by atomic mass is 10.1. The summed E-state index contributed by atoms with van der Waals surface area (Å²) in [5.41, 5.74) is 0.770. The molecule has 4 heteroatoms. The van der Waals surface area contributed by atoms with E-state index < -0.39 is 12.1 Å². The maximum absolute atomic E-state index is 10.9. The molecule has 1 aromatic rings. The Balaban J connectivity index is 2.92. The van der Waals surface area contributed by atoms with Crippen LogP contribution < -0.4 is 0 Å². The molecular formula is C12H10ClNO2. The Morgan fingerprint density at radius 3 is 2.62 bits per heavy atom. The molecule has 0 amide bonds. The van der Waals surface area contributed by atoms with Crippen LogP contribution in [0, 0.1) is 11.3 Å². The van der Waals surface area contributed by atoms with Crippen LogP contribution in [0.4, 0.5) is 0 Å². The Labute approximate surface area is 98.9 Å². The van der Waals surface area contributed by atoms with Gasteiger partial charge < -0.3 is 4.74 Å². The predicted octanol–water partition coefficient (Wildman–Crippen LogP) is 3.02. The lowest BCUT2D eigenvalue weighted by Crippen LogP contribution is -2.05. The van der Waals surface area contributed by atoms with Gasteiger partial charge in [-0.3, -0.25) is 4.79 Å². The zero-order valence-corrected chi connectivity index (χ0v) is 9.44. The van der Waals surface area contributed by atoms with E-state index in [2.05, 4.69) is 0 Å². The maximum Gasteiger partial charge on any atom is 0.303 e. The highest BCUT2D eigenvalue weighted by molar-refractivity contribution is 6.30. The third-order valence-corrected chi connectivity index (χ3v) is 2.09. The molecule has 0 saturated heterocycles. The van der Waals surface area contributed by atoms with Gasteiger partial charge in [-0.05, 0) is 23.8 Å². The summed E-state index contributed by atoms with van der Waals surface area (Å²) < 4.78 is 5.06. The van der Waals surface area contributed by atoms with Crippen molar-refractivity contribution in [3.8, 4) is 6.07 Å². The quantitative estimate of drug-likeness (QED) is 0.598. The highest BCUT2D eigenvalue weighted by atomic mass is 35.5. The maximum atomic E-state index is 10.9. The molecule has 82 valence electrons. The highest BCUT2D eigenvalue weighted by Gasteiger charge is 2.10. The first-order chi connectivity index (χ1) is 7.63. The fraction of sp³-hybridized carbons (Fsp3) is 0.167. The smallest absolute Gasteiger partial charge is 0.303 e. The van der Waals surface area contributed by atoms with E-state index in [9.17, 15) is 4.79 Å². The summed E-state index contributed by atoms with van der Waals surface area (Å²) >= 11 is 5.75. The zero-order chi connectivity index (χ0) is 12.0. The van der Waals surface area contributed by atoms with Gasteiger partial charge in [0.05, 0.1) is 6.07 Å². The summed E-state index contributed by atoms with van der Waals surface area (Å²) in [5.74, 6) is -0.400. The summed E-state index contributed by atoms with van der Waals surface area (Å²) in [5, 5.41) is 9.05. The van der Waals surface area contributed by atoms with Crippen LogP contribution in [0.1, 0.15) is 18.6 Å². The van der Waals surface area contributed by atoms with Crippen molar-refractivity contribution in [1.29, 1.82) is 5.26 Å². The molecule has 0 bridgehead atoms. The average molecular weight is 236 g/mol. The van der Waals surface area contributed by atoms with E-state index in [0.29, 0.717) is 5.02 Å². The van der Waals surface area contributed by atoms with Crippen molar-refractivity contribution in [2.24, 2.45) is 0 Å². The number of ether oxygens (including phenoxy) is 1. The van der Waals surface area contributed by atoms with Crippen molar-refractivity contribution in [2.45, 2.75) is 13.0 Å². The number of hydrogen-bond donors (Lipinski definition) is 0. The Bertz CT molecular complexity index is 431. The molecule has 1 unspecified atom stereocenters. The van der Waals surface area contributed by atoms with E-state index in [1.807, 2.05) is 6.07 Å². The molecule has 0 N–H and O–H groups in total. The highest BCUT2D eigenvalue weighted by Crippen LogP contribution is 2.21. The molecule has 0 heterocycles. The monoisotopic (exact) mass is 235 g/mol. The Hall–Kier alpha value is -1.79. The second kappa shape index (κ2) is 5.94. The molecule has 1 rings (SSSR count). The molecule has 1 aromatic carbocycles. The van der Waals surface area contributed by atoms with Crippen molar-refractivity contribution in [3.05, 3.63) is 47.0 Å². The SMILES string of the molecule is CC(=O)OC(/C=C/C#N)c1ccc(Cl)cc1. The minimum Gasteiger partial charge on any atom is -0.453 e. The molecule has 0 fully saturated rings. The number of halogens is 1. The van der Waals surface area contributed by atoms with E-state index in [1.165, 1.54) is 19.1 Å². The number of benzene rings is 1. The molecule has 3 nitrogen and oxygen atoms in total. The summed E-state index contributed by atoms with van der Waals surface area (Å²) in [7, 11) is 0. The van der Waals surface area contributed by atoms with Gasteiger partial charge in [0.1, 0.15) is 6.10 Å². The van der Waals surface area contributed by atoms with Gasteiger partial charge in [-0.1, -0.05) is 23.7 Å². The van der Waals surface area contributed by atoms with Gasteiger partial charge in [-0.15, -0.1) is 0 Å². The van der Waals surface area contributed by atoms with Crippen LogP contribution in [-0.4, -0.2) is 5.97 Å². The molecule has 0 saturated carbocycles. The van der Waals surface area contributed by atoms with Gasteiger partial charge in [0.2, 0.25) is 0 Å². The van der Waals surface area contributed by atoms with E-state index in [1.54, 1.807) is 24.3 Å². The molecule has 1 atom stereocenters. The van der Waals surface area contributed by atoms with E-state index in [4.69, 9.17) is 21.6 Å². The number of rotatable bonds is 3. The normalized spacial score (nSPS) is 12.1. The van der Waals surface area contributed by atoms with Crippen LogP contribution in [0.2, 0.25) is 5.02 Å². The van der Waals surface area contributed by atoms with Crippen molar-refractivity contribution in [2.75, 3.05) is 0 Å². The molecule has 0 aliphatic rings. The number of carbonyl (C=O) groups is 1. The van der Waals surface area contributed by atoms with E-state index in [-0.39, 0.29) is 0 Å². The second-order valence-corrected chi connectivity index (χ2v) is 3.51. The topological polar surface area (TPSA) is 50.1 Å². The van der Waals surface area contributed by atoms with Gasteiger partial charge in [0, 0.05) is 18.0 Å². The summed E-state index contributed by atoms with van der Waals surface area (Å²) in [6.45, 7) is 1.32. The third kappa shape index (κ3) is 3.76. The lowest BCUT2D eigenvalue weighted by Gasteiger charge is -2.12. The van der Waals surface area contributed by atoms with Gasteiger partial charge in [-0.2, -0.15) is 5.26 Å². The van der Waals surface area contributed by atoms with Crippen LogP contribution in [0.15, 0.2) is 36.4 Å². The Morgan fingerprint density at radius 2 is 2.12 bits per heavy atom. The first-order valence-electron chi connectivity index (χ1n) is 4.62. The number of allylic oxidation sites excluding steroid dienone is 1. The number of hydrogen-bond acceptors (Lipinski definition) is 3. The predicted molar refractivity (Wildman–Crippen MR) is 60.7 cm³/mol. The zero-order valence-electron chi connectivity index (χ0n) is 8.68. The van der Waals surface area contributed by atoms with Crippen LogP contribution in [0.5, 0.6) is 0 Å². The summed E-state index contributed by atoms with van der Waals surface area (Å²) in [4.78, 5) is 10.9. The number of esters is 1. The van der Waals surface area contributed by atoms with Crippen molar-refractivity contribution < 1.29 is 9.53 Å². The minimum atomic E-state index is -0.547. The van der Waals surface area contributed by atoms with Crippen LogP contribution >= 0.6 is 11.6 Å². The van der Waals surface area contributed by atoms with Crippen molar-refractivity contribution in [1.82, 2.24) is 0 Å². The van der Waals surface area contributed by atoms with Gasteiger partial charge >= 0.3 is 5.97 Å². The Kier molecular flexibility index (Phi) is 4.56. The lowest BCUT2D eigenvalue weighted by molar-refractivity contribution is -0.144. The molecule has 0 aliphatic carbocycles. The fourth-order valence-corrected chi connectivity index (χ4v) is 1.31. The molecule has 0 radical (unpaired) electrons. The summed E-state index contributed by atoms with van der Waals surface area (Å²) in [6, 6.07) is 8.75. The Morgan fingerprint density at radius 1 is 1.50 bits per heavy atom. The first kappa shape index (κ1) is 12.3. The molecular weight excluding hydrogens is 226 g/mol. The van der Waals surface area contributed by atoms with E-state index >= 15 is 0 Å². The van der Waals surface area contributed by atoms with Crippen molar-refractivity contribution in [3.63, 3.8) is 0 Å². The first-order valence-corrected chi connectivity index (χ1v) is 5.00. The summed E-state index contributed by atoms with van der Waals surface area (Å²) in [6.07, 6.45) is 2.25. The molecule has 0 spiro atoms. The van der Waals surface area contributed by atoms with E-state index in [0.717, 1.165) is 5.56 Å². The van der Waals surface area contributed by atoms with Crippen LogP contribution in [0.25, 0.3) is 0 Å². The van der Waals surface area contributed by atoms with Gasteiger partial charge in [0.25, 0.3) is 0 Å². The number of carbonyl (C=O) groups excluding carboxylic acids is 1. The molecule has 0 aliphatic heterocycles. The number of nitriles is 1. The largest absolute Gasteiger partial charge is 0.453 e. The van der Waals surface area contributed by atoms with Gasteiger partial charge in [0.15, 0.2) is 0 Å². The van der Waals surface area contributed by atoms with Crippen LogP contribution in [-0.2, 0) is 9.53 Å². The van der Waals surface area contributed by atoms with Crippen LogP contribution in [0.3, 0.4) is 0 Å². The second-order valence-electron chi connectivity index (χ2n) is 3.07. The standard InChI is InChI=1S/C12H10ClNO2/c1-9(15)16-12(3-2-8-14)10-4-6-11(13)7-5-10/h2-7,12H,1H3/b3-2+.